The molecule has 1 saturated heterocycles. The van der Waals surface area contributed by atoms with Crippen LogP contribution in [0.5, 0.6) is 5.75 Å². The first-order valence-corrected chi connectivity index (χ1v) is 12.3. The summed E-state index contributed by atoms with van der Waals surface area (Å²) in [7, 11) is 0. The van der Waals surface area contributed by atoms with Crippen molar-refractivity contribution in [3.8, 4) is 39.7 Å². The summed E-state index contributed by atoms with van der Waals surface area (Å²) >= 11 is 0. The number of pyridine rings is 3. The van der Waals surface area contributed by atoms with E-state index < -0.39 is 0 Å². The van der Waals surface area contributed by atoms with E-state index >= 15 is 0 Å². The molecule has 0 bridgehead atoms. The second kappa shape index (κ2) is 9.14. The van der Waals surface area contributed by atoms with Crippen molar-refractivity contribution in [1.29, 1.82) is 0 Å². The fraction of sp³-hybridized carbons (Fsp3) is 0.222. The fourth-order valence-electron chi connectivity index (χ4n) is 4.84. The van der Waals surface area contributed by atoms with Crippen LogP contribution >= 0.6 is 0 Å². The van der Waals surface area contributed by atoms with E-state index in [0.29, 0.717) is 18.1 Å². The molecule has 1 aliphatic rings. The molecular formula is C27H24N8O2. The minimum Gasteiger partial charge on any atom is -0.491 e. The van der Waals surface area contributed by atoms with Gasteiger partial charge in [-0.15, -0.1) is 0 Å². The lowest BCUT2D eigenvalue weighted by Crippen LogP contribution is -2.25. The lowest BCUT2D eigenvalue weighted by Gasteiger charge is -2.15. The van der Waals surface area contributed by atoms with Gasteiger partial charge in [-0.2, -0.15) is 5.10 Å². The molecule has 2 N–H and O–H groups in total. The number of nitrogens with one attached hydrogen (secondary N) is 2. The lowest BCUT2D eigenvalue weighted by molar-refractivity contribution is 0.237. The molecule has 6 aromatic rings. The summed E-state index contributed by atoms with van der Waals surface area (Å²) in [6.07, 6.45) is 12.9. The van der Waals surface area contributed by atoms with Gasteiger partial charge < -0.3 is 14.1 Å². The van der Waals surface area contributed by atoms with Crippen molar-refractivity contribution in [2.24, 2.45) is 0 Å². The van der Waals surface area contributed by atoms with Gasteiger partial charge in [-0.05, 0) is 50.2 Å². The molecule has 0 radical (unpaired) electrons. The average molecular weight is 493 g/mol. The third-order valence-corrected chi connectivity index (χ3v) is 6.74. The van der Waals surface area contributed by atoms with E-state index in [-0.39, 0.29) is 0 Å². The average Bonchev–Trinajstić information content (AvgIpc) is 3.74. The molecule has 1 aliphatic heterocycles. The van der Waals surface area contributed by atoms with E-state index in [9.17, 15) is 0 Å². The van der Waals surface area contributed by atoms with Crippen molar-refractivity contribution in [3.05, 3.63) is 61.6 Å². The molecule has 37 heavy (non-hydrogen) atoms. The Morgan fingerprint density at radius 1 is 0.919 bits per heavy atom. The second-order valence-electron chi connectivity index (χ2n) is 9.15. The molecule has 0 amide bonds. The lowest BCUT2D eigenvalue weighted by atomic mass is 10.1. The number of nitrogens with zero attached hydrogens (tertiary/aromatic N) is 6. The molecule has 0 aliphatic carbocycles. The van der Waals surface area contributed by atoms with Crippen LogP contribution in [0.15, 0.2) is 66.0 Å². The van der Waals surface area contributed by atoms with Crippen LogP contribution in [0.4, 0.5) is 0 Å². The highest BCUT2D eigenvalue weighted by atomic mass is 16.5. The number of rotatable bonds is 7. The van der Waals surface area contributed by atoms with Crippen molar-refractivity contribution < 1.29 is 9.15 Å². The zero-order chi connectivity index (χ0) is 24.6. The number of fused-ring (bicyclic) bond motifs is 2. The van der Waals surface area contributed by atoms with E-state index in [4.69, 9.17) is 19.1 Å². The van der Waals surface area contributed by atoms with Gasteiger partial charge in [0.25, 0.3) is 0 Å². The van der Waals surface area contributed by atoms with Crippen LogP contribution in [-0.4, -0.2) is 66.3 Å². The van der Waals surface area contributed by atoms with Gasteiger partial charge in [0.05, 0.1) is 41.6 Å². The van der Waals surface area contributed by atoms with Gasteiger partial charge in [0, 0.05) is 35.6 Å². The molecule has 0 unspecified atom stereocenters. The van der Waals surface area contributed by atoms with Crippen molar-refractivity contribution in [1.82, 2.24) is 40.0 Å². The predicted octanol–water partition coefficient (Wildman–Crippen LogP) is 4.69. The first kappa shape index (κ1) is 21.7. The minimum atomic E-state index is 0.612. The maximum absolute atomic E-state index is 5.99. The maximum atomic E-state index is 5.99. The molecule has 7 heterocycles. The van der Waals surface area contributed by atoms with Crippen molar-refractivity contribution in [2.75, 3.05) is 26.2 Å². The molecule has 0 saturated carbocycles. The standard InChI is InChI=1S/C27H24N8O2/c1-2-7-35(6-1)8-10-37-19-11-18(12-28-13-19)21-3-4-22-25(30-21)26(34-33-22)27-31-23-15-29-14-20(24(23)32-27)17-5-9-36-16-17/h3-5,9,11-16H,1-2,6-8,10H2,(H,31,32)(H,33,34). The minimum absolute atomic E-state index is 0.612. The van der Waals surface area contributed by atoms with Gasteiger partial charge in [0.1, 0.15) is 23.4 Å². The van der Waals surface area contributed by atoms with Crippen LogP contribution < -0.4 is 4.74 Å². The molecule has 0 spiro atoms. The van der Waals surface area contributed by atoms with E-state index in [1.807, 2.05) is 24.3 Å². The quantitative estimate of drug-likeness (QED) is 0.329. The molecule has 184 valence electrons. The van der Waals surface area contributed by atoms with E-state index in [1.165, 1.54) is 12.8 Å². The molecule has 7 rings (SSSR count). The Labute approximate surface area is 211 Å². The van der Waals surface area contributed by atoms with Crippen LogP contribution in [0.25, 0.3) is 56.0 Å². The van der Waals surface area contributed by atoms with Gasteiger partial charge in [-0.3, -0.25) is 20.0 Å². The topological polar surface area (TPSA) is 122 Å². The van der Waals surface area contributed by atoms with Crippen molar-refractivity contribution >= 4 is 22.1 Å². The summed E-state index contributed by atoms with van der Waals surface area (Å²) in [4.78, 5) is 24.3. The Kier molecular flexibility index (Phi) is 5.36. The molecule has 10 heteroatoms. The first-order valence-electron chi connectivity index (χ1n) is 12.3. The molecule has 10 nitrogen and oxygen atoms in total. The van der Waals surface area contributed by atoms with Gasteiger partial charge in [-0.25, -0.2) is 9.97 Å². The van der Waals surface area contributed by atoms with Crippen LogP contribution in [0.3, 0.4) is 0 Å². The van der Waals surface area contributed by atoms with Crippen LogP contribution in [0.1, 0.15) is 12.8 Å². The number of imidazole rings is 1. The van der Waals surface area contributed by atoms with Crippen LogP contribution in [-0.2, 0) is 0 Å². The normalized spacial score (nSPS) is 14.2. The number of hydrogen-bond donors (Lipinski definition) is 2. The number of likely N-dealkylation sites (tertiary alicyclic amines) is 1. The third kappa shape index (κ3) is 4.11. The number of furan rings is 1. The maximum Gasteiger partial charge on any atom is 0.161 e. The van der Waals surface area contributed by atoms with Gasteiger partial charge >= 0.3 is 0 Å². The molecular weight excluding hydrogens is 468 g/mol. The Balaban J connectivity index is 1.20. The molecule has 1 fully saturated rings. The van der Waals surface area contributed by atoms with E-state index in [1.54, 1.807) is 37.3 Å². The van der Waals surface area contributed by atoms with Gasteiger partial charge in [0.2, 0.25) is 0 Å². The summed E-state index contributed by atoms with van der Waals surface area (Å²) in [5.41, 5.74) is 7.23. The summed E-state index contributed by atoms with van der Waals surface area (Å²) in [6.45, 7) is 3.89. The highest BCUT2D eigenvalue weighted by Gasteiger charge is 2.18. The number of aromatic amines is 2. The van der Waals surface area contributed by atoms with E-state index in [0.717, 1.165) is 69.8 Å². The zero-order valence-electron chi connectivity index (χ0n) is 20.0. The van der Waals surface area contributed by atoms with Gasteiger partial charge in [-0.1, -0.05) is 0 Å². The second-order valence-corrected chi connectivity index (χ2v) is 9.15. The third-order valence-electron chi connectivity index (χ3n) is 6.74. The van der Waals surface area contributed by atoms with Gasteiger partial charge in [0.15, 0.2) is 11.5 Å². The first-order chi connectivity index (χ1) is 18.3. The molecule has 0 atom stereocenters. The number of H-pyrrole nitrogens is 2. The van der Waals surface area contributed by atoms with Crippen LogP contribution in [0, 0.1) is 0 Å². The number of hydrogen-bond acceptors (Lipinski definition) is 8. The van der Waals surface area contributed by atoms with Crippen molar-refractivity contribution in [2.45, 2.75) is 12.8 Å². The Morgan fingerprint density at radius 3 is 2.73 bits per heavy atom. The Hall–Kier alpha value is -4.57. The van der Waals surface area contributed by atoms with Crippen LogP contribution in [0.2, 0.25) is 0 Å². The Bertz CT molecular complexity index is 1680. The highest BCUT2D eigenvalue weighted by molar-refractivity contribution is 5.95. The monoisotopic (exact) mass is 492 g/mol. The predicted molar refractivity (Wildman–Crippen MR) is 139 cm³/mol. The van der Waals surface area contributed by atoms with Crippen molar-refractivity contribution in [3.63, 3.8) is 0 Å². The highest BCUT2D eigenvalue weighted by Crippen LogP contribution is 2.31. The summed E-state index contributed by atoms with van der Waals surface area (Å²) in [5, 5.41) is 7.59. The number of ether oxygens (including phenoxy) is 1. The summed E-state index contributed by atoms with van der Waals surface area (Å²) in [5.74, 6) is 1.35. The molecule has 6 aromatic heterocycles. The summed E-state index contributed by atoms with van der Waals surface area (Å²) in [6, 6.07) is 7.79. The summed E-state index contributed by atoms with van der Waals surface area (Å²) < 4.78 is 11.2. The number of aromatic nitrogens is 7. The SMILES string of the molecule is c1cc(-c2cncc3[nH]c(-c4n[nH]c5ccc(-c6cncc(OCCN7CCCC7)c6)nc45)nc23)co1. The van der Waals surface area contributed by atoms with E-state index in [2.05, 4.69) is 30.0 Å². The molecule has 0 aromatic carbocycles. The largest absolute Gasteiger partial charge is 0.491 e. The Morgan fingerprint density at radius 2 is 1.84 bits per heavy atom. The fourth-order valence-corrected chi connectivity index (χ4v) is 4.84. The smallest absolute Gasteiger partial charge is 0.161 e. The zero-order valence-corrected chi connectivity index (χ0v) is 20.0.